The lowest BCUT2D eigenvalue weighted by Gasteiger charge is -2.44. The van der Waals surface area contributed by atoms with Crippen LogP contribution in [0, 0.1) is 5.41 Å². The number of fused-ring (bicyclic) bond motifs is 5. The Morgan fingerprint density at radius 3 is 2.71 bits per heavy atom. The van der Waals surface area contributed by atoms with Crippen LogP contribution in [0.15, 0.2) is 58.4 Å². The Bertz CT molecular complexity index is 1350. The fraction of sp³-hybridized carbons (Fsp3) is 0.250. The van der Waals surface area contributed by atoms with Gasteiger partial charge in [0.05, 0.1) is 22.6 Å². The van der Waals surface area contributed by atoms with Gasteiger partial charge in [-0.15, -0.1) is 11.8 Å². The fourth-order valence-corrected chi connectivity index (χ4v) is 6.96. The summed E-state index contributed by atoms with van der Waals surface area (Å²) in [7, 11) is 0. The molecule has 34 heavy (non-hydrogen) atoms. The Kier molecular flexibility index (Phi) is 5.78. The number of benzene rings is 2. The van der Waals surface area contributed by atoms with Gasteiger partial charge in [0, 0.05) is 34.2 Å². The number of carbonyl (C=O) groups excluding carboxylic acids is 3. The molecule has 2 N–H and O–H groups in total. The zero-order chi connectivity index (χ0) is 23.9. The molecule has 0 aliphatic carbocycles. The molecule has 3 aromatic rings. The van der Waals surface area contributed by atoms with Gasteiger partial charge in [0.2, 0.25) is 5.91 Å². The van der Waals surface area contributed by atoms with Crippen molar-refractivity contribution < 1.29 is 23.9 Å². The molecular weight excluding hydrogens is 476 g/mol. The number of thioether (sulfide) groups is 1. The third kappa shape index (κ3) is 3.82. The standard InChI is InChI=1S/C24H20N2O6S2/c1-2-31-21(28)13-7-9-14(10-8-13)25-17(27)11-24-12-33-20-19(34-23(30)26-20)18(24)15-5-3-4-6-16(15)32-22(24)29/h3-10,18H,2,11-12H2,1H3,(H,25,27)(H,26,30). The summed E-state index contributed by atoms with van der Waals surface area (Å²) in [6.07, 6.45) is -0.122. The van der Waals surface area contributed by atoms with Crippen molar-refractivity contribution in [3.05, 3.63) is 74.2 Å². The van der Waals surface area contributed by atoms with E-state index in [1.54, 1.807) is 43.3 Å². The van der Waals surface area contributed by atoms with Crippen LogP contribution in [0.2, 0.25) is 0 Å². The molecule has 0 saturated carbocycles. The molecule has 3 heterocycles. The van der Waals surface area contributed by atoms with Gasteiger partial charge in [-0.25, -0.2) is 4.79 Å². The molecule has 5 rings (SSSR count). The number of rotatable bonds is 5. The molecule has 0 fully saturated rings. The Morgan fingerprint density at radius 1 is 1.18 bits per heavy atom. The highest BCUT2D eigenvalue weighted by atomic mass is 32.2. The van der Waals surface area contributed by atoms with Crippen LogP contribution in [0.4, 0.5) is 5.69 Å². The normalized spacial score (nSPS) is 20.4. The van der Waals surface area contributed by atoms with E-state index >= 15 is 0 Å². The number of nitrogens with one attached hydrogen (secondary N) is 2. The average molecular weight is 497 g/mol. The van der Waals surface area contributed by atoms with Crippen molar-refractivity contribution in [3.8, 4) is 5.75 Å². The smallest absolute Gasteiger partial charge is 0.338 e. The molecule has 0 bridgehead atoms. The molecule has 2 unspecified atom stereocenters. The second-order valence-electron chi connectivity index (χ2n) is 8.04. The number of amides is 1. The van der Waals surface area contributed by atoms with Gasteiger partial charge in [0.1, 0.15) is 5.75 Å². The van der Waals surface area contributed by atoms with Crippen LogP contribution in [-0.4, -0.2) is 35.2 Å². The van der Waals surface area contributed by atoms with Gasteiger partial charge in [-0.2, -0.15) is 0 Å². The van der Waals surface area contributed by atoms with E-state index in [-0.39, 0.29) is 23.8 Å². The van der Waals surface area contributed by atoms with Crippen molar-refractivity contribution >= 4 is 46.6 Å². The summed E-state index contributed by atoms with van der Waals surface area (Å²) < 4.78 is 10.7. The average Bonchev–Trinajstić information content (AvgIpc) is 3.20. The van der Waals surface area contributed by atoms with Crippen molar-refractivity contribution in [3.63, 3.8) is 0 Å². The highest BCUT2D eigenvalue weighted by Gasteiger charge is 2.57. The van der Waals surface area contributed by atoms with Crippen LogP contribution in [0.25, 0.3) is 0 Å². The number of para-hydroxylation sites is 1. The van der Waals surface area contributed by atoms with E-state index in [1.807, 2.05) is 12.1 Å². The van der Waals surface area contributed by atoms with E-state index in [0.29, 0.717) is 22.8 Å². The van der Waals surface area contributed by atoms with Gasteiger partial charge >= 0.3 is 16.8 Å². The SMILES string of the molecule is CCOC(=O)c1ccc(NC(=O)CC23CSc4[nH]c(=O)sc4C2c2ccccc2OC3=O)cc1. The van der Waals surface area contributed by atoms with Crippen molar-refractivity contribution in [1.29, 1.82) is 0 Å². The molecule has 2 aliphatic rings. The molecule has 8 nitrogen and oxygen atoms in total. The van der Waals surface area contributed by atoms with Crippen LogP contribution in [0.3, 0.4) is 0 Å². The number of H-pyrrole nitrogens is 1. The second-order valence-corrected chi connectivity index (χ2v) is 10.0. The van der Waals surface area contributed by atoms with Crippen LogP contribution in [0.5, 0.6) is 5.75 Å². The third-order valence-corrected chi connectivity index (χ3v) is 8.27. The molecule has 2 atom stereocenters. The molecule has 2 aromatic carbocycles. The van der Waals surface area contributed by atoms with E-state index in [0.717, 1.165) is 26.8 Å². The van der Waals surface area contributed by atoms with E-state index in [2.05, 4.69) is 10.3 Å². The van der Waals surface area contributed by atoms with Gasteiger partial charge in [-0.1, -0.05) is 29.5 Å². The first-order valence-corrected chi connectivity index (χ1v) is 12.5. The van der Waals surface area contributed by atoms with E-state index in [1.165, 1.54) is 11.8 Å². The minimum Gasteiger partial charge on any atom is -0.462 e. The zero-order valence-corrected chi connectivity index (χ0v) is 19.7. The molecule has 0 radical (unpaired) electrons. The number of carbonyl (C=O) groups is 3. The minimum absolute atomic E-state index is 0.122. The van der Waals surface area contributed by atoms with E-state index in [4.69, 9.17) is 9.47 Å². The molecule has 1 amide bonds. The minimum atomic E-state index is -1.16. The molecule has 0 saturated heterocycles. The predicted molar refractivity (Wildman–Crippen MR) is 128 cm³/mol. The fourth-order valence-electron chi connectivity index (χ4n) is 4.41. The first-order valence-electron chi connectivity index (χ1n) is 10.7. The van der Waals surface area contributed by atoms with Gasteiger partial charge in [-0.05, 0) is 37.3 Å². The van der Waals surface area contributed by atoms with Crippen molar-refractivity contribution in [2.45, 2.75) is 24.3 Å². The number of aromatic nitrogens is 1. The van der Waals surface area contributed by atoms with E-state index in [9.17, 15) is 19.2 Å². The first kappa shape index (κ1) is 22.4. The van der Waals surface area contributed by atoms with Crippen LogP contribution in [-0.2, 0) is 14.3 Å². The summed E-state index contributed by atoms with van der Waals surface area (Å²) in [4.78, 5) is 53.9. The van der Waals surface area contributed by atoms with E-state index < -0.39 is 23.3 Å². The summed E-state index contributed by atoms with van der Waals surface area (Å²) in [6, 6.07) is 13.6. The number of hydrogen-bond acceptors (Lipinski definition) is 8. The summed E-state index contributed by atoms with van der Waals surface area (Å²) in [5, 5.41) is 3.55. The monoisotopic (exact) mass is 496 g/mol. The lowest BCUT2D eigenvalue weighted by Crippen LogP contribution is -2.49. The Balaban J connectivity index is 1.45. The molecule has 174 valence electrons. The number of ether oxygens (including phenoxy) is 2. The van der Waals surface area contributed by atoms with Gasteiger partial charge in [-0.3, -0.25) is 14.4 Å². The summed E-state index contributed by atoms with van der Waals surface area (Å²) >= 11 is 2.42. The molecule has 10 heteroatoms. The third-order valence-electron chi connectivity index (χ3n) is 5.93. The quantitative estimate of drug-likeness (QED) is 0.408. The number of thiazole rings is 1. The maximum Gasteiger partial charge on any atom is 0.338 e. The Morgan fingerprint density at radius 2 is 1.94 bits per heavy atom. The molecule has 1 aromatic heterocycles. The summed E-state index contributed by atoms with van der Waals surface area (Å²) in [6.45, 7) is 2.00. The van der Waals surface area contributed by atoms with Gasteiger partial charge in [0.15, 0.2) is 0 Å². The lowest BCUT2D eigenvalue weighted by atomic mass is 9.68. The molecule has 0 spiro atoms. The van der Waals surface area contributed by atoms with Crippen LogP contribution >= 0.6 is 23.1 Å². The zero-order valence-electron chi connectivity index (χ0n) is 18.1. The summed E-state index contributed by atoms with van der Waals surface area (Å²) in [5.41, 5.74) is 0.493. The maximum atomic E-state index is 13.3. The topological polar surface area (TPSA) is 115 Å². The number of esters is 2. The Hall–Kier alpha value is -3.37. The maximum absolute atomic E-state index is 13.3. The van der Waals surface area contributed by atoms with Gasteiger partial charge in [0.25, 0.3) is 0 Å². The molecular formula is C24H20N2O6S2. The lowest BCUT2D eigenvalue weighted by molar-refractivity contribution is -0.149. The highest BCUT2D eigenvalue weighted by Crippen LogP contribution is 2.58. The number of hydrogen-bond donors (Lipinski definition) is 2. The second kappa shape index (κ2) is 8.77. The molecule has 2 aliphatic heterocycles. The van der Waals surface area contributed by atoms with Crippen molar-refractivity contribution in [2.75, 3.05) is 17.7 Å². The number of anilines is 1. The number of aromatic amines is 1. The van der Waals surface area contributed by atoms with Crippen molar-refractivity contribution in [1.82, 2.24) is 4.98 Å². The first-order chi connectivity index (χ1) is 16.4. The van der Waals surface area contributed by atoms with Gasteiger partial charge < -0.3 is 19.8 Å². The Labute approximate surface area is 202 Å². The summed E-state index contributed by atoms with van der Waals surface area (Å²) in [5.74, 6) is -1.02. The highest BCUT2D eigenvalue weighted by molar-refractivity contribution is 7.99. The van der Waals surface area contributed by atoms with Crippen LogP contribution in [0.1, 0.15) is 40.1 Å². The van der Waals surface area contributed by atoms with Crippen molar-refractivity contribution in [2.24, 2.45) is 5.41 Å². The largest absolute Gasteiger partial charge is 0.462 e. The predicted octanol–water partition coefficient (Wildman–Crippen LogP) is 3.78. The van der Waals surface area contributed by atoms with Crippen LogP contribution < -0.4 is 14.9 Å².